The fraction of sp³-hybridized carbons (Fsp3) is 0.333. The summed E-state index contributed by atoms with van der Waals surface area (Å²) in [4.78, 5) is 26.2. The van der Waals surface area contributed by atoms with Gasteiger partial charge < -0.3 is 15.1 Å². The monoisotopic (exact) mass is 355 g/mol. The van der Waals surface area contributed by atoms with E-state index in [0.717, 1.165) is 12.2 Å². The van der Waals surface area contributed by atoms with Crippen molar-refractivity contribution in [3.05, 3.63) is 59.2 Å². The number of aromatic carboxylic acids is 1. The van der Waals surface area contributed by atoms with Crippen LogP contribution in [0.15, 0.2) is 42.5 Å². The lowest BCUT2D eigenvalue weighted by atomic mass is 9.97. The summed E-state index contributed by atoms with van der Waals surface area (Å²) in [7, 11) is 0. The van der Waals surface area contributed by atoms with E-state index in [-0.39, 0.29) is 28.5 Å². The van der Waals surface area contributed by atoms with Gasteiger partial charge in [0.15, 0.2) is 5.78 Å². The Hall–Kier alpha value is -2.82. The van der Waals surface area contributed by atoms with Crippen LogP contribution < -0.4 is 4.90 Å². The van der Waals surface area contributed by atoms with Crippen LogP contribution in [0.25, 0.3) is 0 Å². The number of carbonyl (C=O) groups is 2. The lowest BCUT2D eigenvalue weighted by Gasteiger charge is -2.31. The molecule has 0 spiro atoms. The van der Waals surface area contributed by atoms with Gasteiger partial charge >= 0.3 is 5.97 Å². The number of carboxylic acid groups (broad SMARTS) is 1. The van der Waals surface area contributed by atoms with E-state index in [4.69, 9.17) is 0 Å². The minimum Gasteiger partial charge on any atom is -0.507 e. The van der Waals surface area contributed by atoms with E-state index >= 15 is 0 Å². The molecule has 0 aromatic heterocycles. The second-order valence-electron chi connectivity index (χ2n) is 7.02. The Morgan fingerprint density at radius 3 is 2.08 bits per heavy atom. The van der Waals surface area contributed by atoms with E-state index in [9.17, 15) is 19.8 Å². The Balaban J connectivity index is 2.41. The van der Waals surface area contributed by atoms with E-state index < -0.39 is 11.8 Å². The van der Waals surface area contributed by atoms with Gasteiger partial charge in [0, 0.05) is 29.9 Å². The first-order valence-corrected chi connectivity index (χ1v) is 8.69. The number of ketones is 1. The lowest BCUT2D eigenvalue weighted by Crippen LogP contribution is -2.34. The normalized spacial score (nSPS) is 11.0. The van der Waals surface area contributed by atoms with Crippen molar-refractivity contribution >= 4 is 17.4 Å². The summed E-state index contributed by atoms with van der Waals surface area (Å²) < 4.78 is 0. The van der Waals surface area contributed by atoms with Crippen molar-refractivity contribution in [2.75, 3.05) is 11.4 Å². The average molecular weight is 355 g/mol. The molecular weight excluding hydrogens is 330 g/mol. The number of hydrogen-bond donors (Lipinski definition) is 2. The first kappa shape index (κ1) is 19.5. The molecule has 0 saturated heterocycles. The highest BCUT2D eigenvalue weighted by atomic mass is 16.4. The minimum atomic E-state index is -1.17. The molecule has 0 unspecified atom stereocenters. The fourth-order valence-corrected chi connectivity index (χ4v) is 2.91. The van der Waals surface area contributed by atoms with Gasteiger partial charge in [0.2, 0.25) is 0 Å². The molecule has 2 aromatic carbocycles. The Morgan fingerprint density at radius 1 is 0.962 bits per heavy atom. The van der Waals surface area contributed by atoms with Crippen LogP contribution in [-0.4, -0.2) is 34.6 Å². The van der Waals surface area contributed by atoms with E-state index in [1.807, 2.05) is 0 Å². The average Bonchev–Trinajstić information content (AvgIpc) is 2.58. The van der Waals surface area contributed by atoms with Gasteiger partial charge in [-0.2, -0.15) is 0 Å². The summed E-state index contributed by atoms with van der Waals surface area (Å²) in [5, 5.41) is 19.7. The highest BCUT2D eigenvalue weighted by molar-refractivity contribution is 6.15. The minimum absolute atomic E-state index is 0.0611. The highest BCUT2D eigenvalue weighted by Crippen LogP contribution is 2.29. The predicted molar refractivity (Wildman–Crippen MR) is 102 cm³/mol. The Labute approximate surface area is 153 Å². The zero-order valence-electron chi connectivity index (χ0n) is 15.6. The molecule has 26 heavy (non-hydrogen) atoms. The van der Waals surface area contributed by atoms with Crippen molar-refractivity contribution in [2.45, 2.75) is 33.7 Å². The molecule has 0 radical (unpaired) electrons. The predicted octanol–water partition coefficient (Wildman–Crippen LogP) is 4.19. The second kappa shape index (κ2) is 8.04. The summed E-state index contributed by atoms with van der Waals surface area (Å²) in [5.74, 6) is -1.38. The van der Waals surface area contributed by atoms with Crippen molar-refractivity contribution in [3.63, 3.8) is 0 Å². The summed E-state index contributed by atoms with van der Waals surface area (Å²) in [6.45, 7) is 9.21. The quantitative estimate of drug-likeness (QED) is 0.728. The maximum atomic E-state index is 12.7. The van der Waals surface area contributed by atoms with E-state index in [1.165, 1.54) is 12.1 Å². The molecule has 0 amide bonds. The third kappa shape index (κ3) is 4.23. The van der Waals surface area contributed by atoms with Crippen molar-refractivity contribution in [1.82, 2.24) is 0 Å². The number of carboxylic acids is 1. The number of aromatic hydroxyl groups is 1. The summed E-state index contributed by atoms with van der Waals surface area (Å²) in [5.41, 5.74) is 0.903. The van der Waals surface area contributed by atoms with Gasteiger partial charge in [-0.15, -0.1) is 0 Å². The first-order valence-electron chi connectivity index (χ1n) is 8.69. The largest absolute Gasteiger partial charge is 0.507 e. The highest BCUT2D eigenvalue weighted by Gasteiger charge is 2.21. The number of benzene rings is 2. The van der Waals surface area contributed by atoms with Crippen molar-refractivity contribution in [1.29, 1.82) is 0 Å². The molecule has 2 N–H and O–H groups in total. The molecule has 0 aliphatic carbocycles. The van der Waals surface area contributed by atoms with Crippen LogP contribution in [0.3, 0.4) is 0 Å². The molecule has 0 saturated carbocycles. The molecular formula is C21H25NO4. The fourth-order valence-electron chi connectivity index (χ4n) is 2.91. The zero-order valence-corrected chi connectivity index (χ0v) is 15.6. The third-order valence-corrected chi connectivity index (χ3v) is 4.14. The van der Waals surface area contributed by atoms with Crippen LogP contribution in [0.2, 0.25) is 0 Å². The number of phenols is 1. The smallest absolute Gasteiger partial charge is 0.336 e. The van der Waals surface area contributed by atoms with Crippen LogP contribution in [0.5, 0.6) is 5.75 Å². The van der Waals surface area contributed by atoms with Gasteiger partial charge in [-0.25, -0.2) is 4.79 Å². The van der Waals surface area contributed by atoms with Crippen molar-refractivity contribution in [3.8, 4) is 5.75 Å². The molecule has 2 aromatic rings. The number of nitrogens with zero attached hydrogens (tertiary/aromatic N) is 1. The molecule has 0 fully saturated rings. The van der Waals surface area contributed by atoms with Gasteiger partial charge in [0.1, 0.15) is 5.75 Å². The van der Waals surface area contributed by atoms with E-state index in [1.54, 1.807) is 30.3 Å². The van der Waals surface area contributed by atoms with Crippen LogP contribution >= 0.6 is 0 Å². The molecule has 0 aliphatic heterocycles. The molecule has 2 rings (SSSR count). The molecule has 0 aliphatic rings. The molecule has 0 bridgehead atoms. The van der Waals surface area contributed by atoms with Gasteiger partial charge in [-0.3, -0.25) is 4.79 Å². The van der Waals surface area contributed by atoms with Gasteiger partial charge in [-0.05, 0) is 38.0 Å². The van der Waals surface area contributed by atoms with Crippen LogP contribution in [0.4, 0.5) is 5.69 Å². The summed E-state index contributed by atoms with van der Waals surface area (Å²) in [6.07, 6.45) is 0. The third-order valence-electron chi connectivity index (χ3n) is 4.14. The Morgan fingerprint density at radius 2 is 1.58 bits per heavy atom. The Kier molecular flexibility index (Phi) is 6.03. The van der Waals surface area contributed by atoms with Crippen LogP contribution in [-0.2, 0) is 0 Å². The Bertz CT molecular complexity index is 811. The number of rotatable bonds is 7. The van der Waals surface area contributed by atoms with E-state index in [2.05, 4.69) is 32.6 Å². The van der Waals surface area contributed by atoms with Crippen LogP contribution in [0.1, 0.15) is 54.0 Å². The van der Waals surface area contributed by atoms with Crippen LogP contribution in [0, 0.1) is 5.92 Å². The molecule has 0 heterocycles. The molecule has 138 valence electrons. The maximum absolute atomic E-state index is 12.7. The van der Waals surface area contributed by atoms with Crippen molar-refractivity contribution in [2.24, 2.45) is 5.92 Å². The number of carbonyl (C=O) groups excluding carboxylic acids is 1. The number of anilines is 1. The molecule has 0 atom stereocenters. The second-order valence-corrected chi connectivity index (χ2v) is 7.02. The SMILES string of the molecule is CC(C)CN(c1ccc(C(=O)c2ccccc2C(=O)O)c(O)c1)C(C)C. The van der Waals surface area contributed by atoms with Crippen molar-refractivity contribution < 1.29 is 19.8 Å². The molecule has 5 nitrogen and oxygen atoms in total. The summed E-state index contributed by atoms with van der Waals surface area (Å²) >= 11 is 0. The van der Waals surface area contributed by atoms with Gasteiger partial charge in [0.05, 0.1) is 11.1 Å². The topological polar surface area (TPSA) is 77.8 Å². The lowest BCUT2D eigenvalue weighted by molar-refractivity contribution is 0.0692. The molecule has 5 heteroatoms. The standard InChI is InChI=1S/C21H25NO4/c1-13(2)12-22(14(3)4)15-9-10-18(19(23)11-15)20(24)16-7-5-6-8-17(16)21(25)26/h5-11,13-14,23H,12H2,1-4H3,(H,25,26). The van der Waals surface area contributed by atoms with Gasteiger partial charge in [0.25, 0.3) is 0 Å². The van der Waals surface area contributed by atoms with Gasteiger partial charge in [-0.1, -0.05) is 32.0 Å². The zero-order chi connectivity index (χ0) is 19.4. The summed E-state index contributed by atoms with van der Waals surface area (Å²) in [6, 6.07) is 11.2. The van der Waals surface area contributed by atoms with E-state index in [0.29, 0.717) is 5.92 Å². The number of phenolic OH excluding ortho intramolecular Hbond substituents is 1. The number of hydrogen-bond acceptors (Lipinski definition) is 4. The maximum Gasteiger partial charge on any atom is 0.336 e. The first-order chi connectivity index (χ1) is 12.2.